The van der Waals surface area contributed by atoms with Gasteiger partial charge in [-0.1, -0.05) is 0 Å². The lowest BCUT2D eigenvalue weighted by atomic mass is 9.96. The zero-order valence-corrected chi connectivity index (χ0v) is 12.6. The molecule has 1 aliphatic heterocycles. The molecule has 1 aromatic heterocycles. The molecule has 2 N–H and O–H groups in total. The van der Waals surface area contributed by atoms with Gasteiger partial charge in [0.15, 0.2) is 0 Å². The lowest BCUT2D eigenvalue weighted by Crippen LogP contribution is -2.40. The first-order valence-electron chi connectivity index (χ1n) is 6.63. The number of hydrogen-bond donors (Lipinski definition) is 1. The summed E-state index contributed by atoms with van der Waals surface area (Å²) in [5.74, 6) is 0.276. The minimum absolute atomic E-state index is 0. The fourth-order valence-electron chi connectivity index (χ4n) is 2.38. The SMILES string of the molecule is Cc1ncc([N+](=O)[O-])cc1C(=O)N1CCC(CN)CC1.Cl. The number of aromatic nitrogens is 1. The summed E-state index contributed by atoms with van der Waals surface area (Å²) < 4.78 is 0. The van der Waals surface area contributed by atoms with Gasteiger partial charge in [-0.2, -0.15) is 0 Å². The first-order valence-corrected chi connectivity index (χ1v) is 6.63. The Labute approximate surface area is 129 Å². The Morgan fingerprint density at radius 2 is 2.14 bits per heavy atom. The highest BCUT2D eigenvalue weighted by Gasteiger charge is 2.25. The number of nitro groups is 1. The molecule has 0 bridgehead atoms. The predicted octanol–water partition coefficient (Wildman–Crippen LogP) is 1.53. The van der Waals surface area contributed by atoms with Crippen LogP contribution in [0.3, 0.4) is 0 Å². The zero-order chi connectivity index (χ0) is 14.7. The lowest BCUT2D eigenvalue weighted by Gasteiger charge is -2.31. The van der Waals surface area contributed by atoms with Gasteiger partial charge in [0, 0.05) is 19.2 Å². The maximum atomic E-state index is 12.4. The monoisotopic (exact) mass is 314 g/mol. The molecular weight excluding hydrogens is 296 g/mol. The van der Waals surface area contributed by atoms with E-state index >= 15 is 0 Å². The highest BCUT2D eigenvalue weighted by atomic mass is 35.5. The average Bonchev–Trinajstić information content (AvgIpc) is 2.47. The fraction of sp³-hybridized carbons (Fsp3) is 0.538. The molecule has 1 aromatic rings. The number of piperidine rings is 1. The molecule has 7 nitrogen and oxygen atoms in total. The number of aryl methyl sites for hydroxylation is 1. The normalized spacial score (nSPS) is 15.4. The minimum atomic E-state index is -0.538. The van der Waals surface area contributed by atoms with E-state index in [2.05, 4.69) is 4.98 Å². The van der Waals surface area contributed by atoms with Crippen LogP contribution in [0.15, 0.2) is 12.3 Å². The van der Waals surface area contributed by atoms with Crippen molar-refractivity contribution in [3.63, 3.8) is 0 Å². The molecule has 0 spiro atoms. The molecule has 21 heavy (non-hydrogen) atoms. The van der Waals surface area contributed by atoms with Gasteiger partial charge in [0.1, 0.15) is 6.20 Å². The molecule has 1 fully saturated rings. The third kappa shape index (κ3) is 3.89. The number of hydrogen-bond acceptors (Lipinski definition) is 5. The van der Waals surface area contributed by atoms with Gasteiger partial charge in [-0.25, -0.2) is 0 Å². The van der Waals surface area contributed by atoms with E-state index in [1.54, 1.807) is 11.8 Å². The lowest BCUT2D eigenvalue weighted by molar-refractivity contribution is -0.385. The van der Waals surface area contributed by atoms with Crippen LogP contribution in [0.25, 0.3) is 0 Å². The molecule has 1 amide bonds. The van der Waals surface area contributed by atoms with Gasteiger partial charge < -0.3 is 10.6 Å². The van der Waals surface area contributed by atoms with Crippen LogP contribution in [0.4, 0.5) is 5.69 Å². The summed E-state index contributed by atoms with van der Waals surface area (Å²) >= 11 is 0. The number of carbonyl (C=O) groups is 1. The smallest absolute Gasteiger partial charge is 0.288 e. The highest BCUT2D eigenvalue weighted by Crippen LogP contribution is 2.21. The van der Waals surface area contributed by atoms with Crippen molar-refractivity contribution in [3.05, 3.63) is 33.6 Å². The van der Waals surface area contributed by atoms with Crippen molar-refractivity contribution < 1.29 is 9.72 Å². The summed E-state index contributed by atoms with van der Waals surface area (Å²) in [5.41, 5.74) is 6.29. The number of nitrogens with two attached hydrogens (primary N) is 1. The molecule has 0 unspecified atom stereocenters. The number of halogens is 1. The summed E-state index contributed by atoms with van der Waals surface area (Å²) in [7, 11) is 0. The molecular formula is C13H19ClN4O3. The minimum Gasteiger partial charge on any atom is -0.339 e. The van der Waals surface area contributed by atoms with Crippen molar-refractivity contribution in [1.29, 1.82) is 0 Å². The number of likely N-dealkylation sites (tertiary alicyclic amines) is 1. The molecule has 0 aliphatic carbocycles. The van der Waals surface area contributed by atoms with E-state index in [9.17, 15) is 14.9 Å². The summed E-state index contributed by atoms with van der Waals surface area (Å²) in [5, 5.41) is 10.8. The molecule has 0 saturated carbocycles. The fourth-order valence-corrected chi connectivity index (χ4v) is 2.38. The van der Waals surface area contributed by atoms with E-state index < -0.39 is 4.92 Å². The third-order valence-electron chi connectivity index (χ3n) is 3.75. The first kappa shape index (κ1) is 17.3. The Kier molecular flexibility index (Phi) is 6.04. The van der Waals surface area contributed by atoms with Gasteiger partial charge >= 0.3 is 0 Å². The van der Waals surface area contributed by atoms with Gasteiger partial charge in [-0.3, -0.25) is 19.9 Å². The highest BCUT2D eigenvalue weighted by molar-refractivity contribution is 5.95. The summed E-state index contributed by atoms with van der Waals surface area (Å²) in [4.78, 5) is 28.3. The maximum Gasteiger partial charge on any atom is 0.288 e. The Hall–Kier alpha value is -1.73. The van der Waals surface area contributed by atoms with Crippen molar-refractivity contribution >= 4 is 24.0 Å². The van der Waals surface area contributed by atoms with Gasteiger partial charge in [0.05, 0.1) is 16.2 Å². The maximum absolute atomic E-state index is 12.4. The van der Waals surface area contributed by atoms with Crippen molar-refractivity contribution in [2.45, 2.75) is 19.8 Å². The summed E-state index contributed by atoms with van der Waals surface area (Å²) in [6.07, 6.45) is 2.93. The van der Waals surface area contributed by atoms with Crippen molar-refractivity contribution in [2.75, 3.05) is 19.6 Å². The zero-order valence-electron chi connectivity index (χ0n) is 11.8. The van der Waals surface area contributed by atoms with Gasteiger partial charge in [-0.15, -0.1) is 12.4 Å². The van der Waals surface area contributed by atoms with E-state index in [4.69, 9.17) is 5.73 Å². The number of rotatable bonds is 3. The molecule has 1 aliphatic rings. The topological polar surface area (TPSA) is 102 Å². The van der Waals surface area contributed by atoms with Crippen LogP contribution >= 0.6 is 12.4 Å². The third-order valence-corrected chi connectivity index (χ3v) is 3.75. The number of carbonyl (C=O) groups excluding carboxylic acids is 1. The van der Waals surface area contributed by atoms with Gasteiger partial charge in [-0.05, 0) is 32.2 Å². The second-order valence-electron chi connectivity index (χ2n) is 5.05. The average molecular weight is 315 g/mol. The second kappa shape index (κ2) is 7.33. The molecule has 0 aromatic carbocycles. The molecule has 1 saturated heterocycles. The van der Waals surface area contributed by atoms with E-state index in [1.165, 1.54) is 12.3 Å². The molecule has 2 heterocycles. The molecule has 0 atom stereocenters. The molecule has 116 valence electrons. The summed E-state index contributed by atoms with van der Waals surface area (Å²) in [6, 6.07) is 1.31. The number of nitrogens with zero attached hydrogens (tertiary/aromatic N) is 3. The van der Waals surface area contributed by atoms with Crippen molar-refractivity contribution in [3.8, 4) is 0 Å². The van der Waals surface area contributed by atoms with Crippen molar-refractivity contribution in [1.82, 2.24) is 9.88 Å². The van der Waals surface area contributed by atoms with E-state index in [0.717, 1.165) is 12.8 Å². The second-order valence-corrected chi connectivity index (χ2v) is 5.05. The first-order chi connectivity index (χ1) is 9.52. The predicted molar refractivity (Wildman–Crippen MR) is 80.6 cm³/mol. The Morgan fingerprint density at radius 1 is 1.52 bits per heavy atom. The van der Waals surface area contributed by atoms with Gasteiger partial charge in [0.2, 0.25) is 0 Å². The van der Waals surface area contributed by atoms with E-state index in [-0.39, 0.29) is 24.0 Å². The Morgan fingerprint density at radius 3 is 2.67 bits per heavy atom. The van der Waals surface area contributed by atoms with Crippen LogP contribution in [-0.2, 0) is 0 Å². The van der Waals surface area contributed by atoms with Gasteiger partial charge in [0.25, 0.3) is 11.6 Å². The number of amides is 1. The quantitative estimate of drug-likeness (QED) is 0.673. The number of pyridine rings is 1. The van der Waals surface area contributed by atoms with Crippen molar-refractivity contribution in [2.24, 2.45) is 11.7 Å². The van der Waals surface area contributed by atoms with Crippen LogP contribution < -0.4 is 5.73 Å². The Balaban J connectivity index is 0.00000220. The summed E-state index contributed by atoms with van der Waals surface area (Å²) in [6.45, 7) is 3.61. The van der Waals surface area contributed by atoms with Crippen LogP contribution in [0.5, 0.6) is 0 Å². The standard InChI is InChI=1S/C13H18N4O3.ClH/c1-9-12(6-11(8-15-9)17(19)20)13(18)16-4-2-10(7-14)3-5-16;/h6,8,10H,2-5,7,14H2,1H3;1H. The van der Waals surface area contributed by atoms with Crippen LogP contribution in [0.2, 0.25) is 0 Å². The Bertz CT molecular complexity index is 530. The van der Waals surface area contributed by atoms with E-state index in [0.29, 0.717) is 36.8 Å². The molecule has 2 rings (SSSR count). The largest absolute Gasteiger partial charge is 0.339 e. The van der Waals surface area contributed by atoms with Crippen LogP contribution in [0, 0.1) is 23.0 Å². The molecule has 8 heteroatoms. The van der Waals surface area contributed by atoms with E-state index in [1.807, 2.05) is 0 Å². The van der Waals surface area contributed by atoms with Crippen LogP contribution in [-0.4, -0.2) is 40.3 Å². The molecule has 0 radical (unpaired) electrons. The van der Waals surface area contributed by atoms with Crippen LogP contribution in [0.1, 0.15) is 28.9 Å².